The van der Waals surface area contributed by atoms with E-state index in [1.165, 1.54) is 4.90 Å². The number of carbonyl (C=O) groups excluding carboxylic acids is 2. The summed E-state index contributed by atoms with van der Waals surface area (Å²) in [4.78, 5) is 27.0. The van der Waals surface area contributed by atoms with Gasteiger partial charge in [-0.25, -0.2) is 0 Å². The zero-order valence-corrected chi connectivity index (χ0v) is 18.4. The fourth-order valence-electron chi connectivity index (χ4n) is 3.33. The van der Waals surface area contributed by atoms with Crippen LogP contribution in [0.5, 0.6) is 0 Å². The number of hydrogen-bond acceptors (Lipinski definition) is 4. The van der Waals surface area contributed by atoms with Gasteiger partial charge in [-0.2, -0.15) is 0 Å². The third kappa shape index (κ3) is 4.11. The molecule has 4 rings (SSSR count). The molecule has 7 heteroatoms. The molecule has 3 aromatic rings. The number of aromatic nitrogens is 1. The minimum absolute atomic E-state index is 0.242. The van der Waals surface area contributed by atoms with Crippen molar-refractivity contribution < 1.29 is 14.0 Å². The third-order valence-electron chi connectivity index (χ3n) is 4.92. The number of thioether (sulfide) groups is 1. The zero-order chi connectivity index (χ0) is 20.5. The molecule has 148 valence electrons. The topological polar surface area (TPSA) is 55.5 Å². The number of nitrogens with zero attached hydrogens (tertiary/aromatic N) is 2. The Hall–Kier alpha value is -2.51. The Morgan fingerprint density at radius 1 is 1.10 bits per heavy atom. The summed E-state index contributed by atoms with van der Waals surface area (Å²) in [5, 5.41) is -0.242. The number of amides is 2. The third-order valence-corrected chi connectivity index (χ3v) is 6.36. The number of carbonyl (C=O) groups is 2. The lowest BCUT2D eigenvalue weighted by atomic mass is 10.2. The van der Waals surface area contributed by atoms with Crippen molar-refractivity contribution in [3.05, 3.63) is 86.4 Å². The Bertz CT molecular complexity index is 1100. The van der Waals surface area contributed by atoms with E-state index in [-0.39, 0.29) is 17.7 Å². The number of halogens is 1. The lowest BCUT2D eigenvalue weighted by molar-refractivity contribution is -0.123. The molecule has 1 saturated heterocycles. The van der Waals surface area contributed by atoms with Crippen LogP contribution in [-0.4, -0.2) is 20.6 Å². The van der Waals surface area contributed by atoms with Crippen molar-refractivity contribution in [3.63, 3.8) is 0 Å². The van der Waals surface area contributed by atoms with E-state index in [0.29, 0.717) is 11.4 Å². The van der Waals surface area contributed by atoms with Gasteiger partial charge in [0.05, 0.1) is 24.3 Å². The predicted octanol–water partition coefficient (Wildman–Crippen LogP) is 5.75. The van der Waals surface area contributed by atoms with E-state index in [1.54, 1.807) is 6.26 Å². The highest BCUT2D eigenvalue weighted by Crippen LogP contribution is 2.34. The number of rotatable bonds is 5. The Balaban J connectivity index is 1.56. The minimum atomic E-state index is -0.251. The van der Waals surface area contributed by atoms with Crippen molar-refractivity contribution in [2.45, 2.75) is 26.9 Å². The van der Waals surface area contributed by atoms with Gasteiger partial charge >= 0.3 is 0 Å². The van der Waals surface area contributed by atoms with E-state index in [2.05, 4.69) is 20.5 Å². The van der Waals surface area contributed by atoms with Crippen LogP contribution in [0.4, 0.5) is 4.79 Å². The highest BCUT2D eigenvalue weighted by atomic mass is 79.9. The van der Waals surface area contributed by atoms with Gasteiger partial charge in [0.25, 0.3) is 11.1 Å². The molecule has 5 nitrogen and oxygen atoms in total. The molecule has 1 aliphatic heterocycles. The molecular weight excluding hydrogens is 452 g/mol. The number of hydrogen-bond donors (Lipinski definition) is 0. The first-order valence-electron chi connectivity index (χ1n) is 9.11. The van der Waals surface area contributed by atoms with Crippen LogP contribution in [0.2, 0.25) is 0 Å². The van der Waals surface area contributed by atoms with Crippen LogP contribution in [0.1, 0.15) is 28.3 Å². The highest BCUT2D eigenvalue weighted by Gasteiger charge is 2.35. The van der Waals surface area contributed by atoms with Gasteiger partial charge in [-0.05, 0) is 73.1 Å². The summed E-state index contributed by atoms with van der Waals surface area (Å²) < 4.78 is 8.54. The van der Waals surface area contributed by atoms with E-state index in [1.807, 2.05) is 62.4 Å². The first-order valence-corrected chi connectivity index (χ1v) is 10.7. The molecule has 1 aliphatic rings. The molecule has 1 aromatic carbocycles. The van der Waals surface area contributed by atoms with Crippen molar-refractivity contribution >= 4 is 44.9 Å². The lowest BCUT2D eigenvalue weighted by Gasteiger charge is -2.12. The first kappa shape index (κ1) is 19.8. The van der Waals surface area contributed by atoms with Crippen molar-refractivity contribution in [2.24, 2.45) is 0 Å². The van der Waals surface area contributed by atoms with Gasteiger partial charge in [0, 0.05) is 15.9 Å². The maximum atomic E-state index is 12.8. The second-order valence-electron chi connectivity index (χ2n) is 6.89. The Morgan fingerprint density at radius 2 is 1.86 bits per heavy atom. The molecule has 3 heterocycles. The first-order chi connectivity index (χ1) is 13.9. The maximum Gasteiger partial charge on any atom is 0.293 e. The highest BCUT2D eigenvalue weighted by molar-refractivity contribution is 9.10. The van der Waals surface area contributed by atoms with Gasteiger partial charge in [0.2, 0.25) is 0 Å². The summed E-state index contributed by atoms with van der Waals surface area (Å²) in [6.07, 6.45) is 3.47. The standard InChI is InChI=1S/C22H19BrN2O3S/c1-14-10-17(15(2)24(14)13-19-4-3-9-28-19)11-20-21(26)25(22(27)29-20)12-16-5-7-18(23)8-6-16/h3-11H,12-13H2,1-2H3/b20-11-. The Kier molecular flexibility index (Phi) is 5.52. The molecule has 0 saturated carbocycles. The summed E-state index contributed by atoms with van der Waals surface area (Å²) in [5.74, 6) is 0.618. The SMILES string of the molecule is Cc1cc(/C=C2\SC(=O)N(Cc3ccc(Br)cc3)C2=O)c(C)n1Cc1ccco1. The monoisotopic (exact) mass is 470 g/mol. The molecule has 0 radical (unpaired) electrons. The van der Waals surface area contributed by atoms with Crippen LogP contribution in [-0.2, 0) is 17.9 Å². The van der Waals surface area contributed by atoms with Crippen LogP contribution in [0.3, 0.4) is 0 Å². The summed E-state index contributed by atoms with van der Waals surface area (Å²) in [5.41, 5.74) is 3.94. The van der Waals surface area contributed by atoms with Gasteiger partial charge in [-0.1, -0.05) is 28.1 Å². The van der Waals surface area contributed by atoms with Gasteiger partial charge in [-0.3, -0.25) is 14.5 Å². The summed E-state index contributed by atoms with van der Waals surface area (Å²) >= 11 is 4.38. The minimum Gasteiger partial charge on any atom is -0.467 e. The second-order valence-corrected chi connectivity index (χ2v) is 8.80. The molecule has 0 bridgehead atoms. The number of furan rings is 1. The van der Waals surface area contributed by atoms with E-state index < -0.39 is 0 Å². The molecule has 1 fully saturated rings. The van der Waals surface area contributed by atoms with Gasteiger partial charge in [0.15, 0.2) is 0 Å². The van der Waals surface area contributed by atoms with Crippen LogP contribution in [0.25, 0.3) is 6.08 Å². The number of benzene rings is 1. The lowest BCUT2D eigenvalue weighted by Crippen LogP contribution is -2.27. The maximum absolute atomic E-state index is 12.8. The van der Waals surface area contributed by atoms with E-state index in [4.69, 9.17) is 4.42 Å². The van der Waals surface area contributed by atoms with Gasteiger partial charge < -0.3 is 8.98 Å². The molecule has 0 aliphatic carbocycles. The number of aryl methyl sites for hydroxylation is 1. The van der Waals surface area contributed by atoms with Crippen LogP contribution >= 0.6 is 27.7 Å². The fourth-order valence-corrected chi connectivity index (χ4v) is 4.42. The zero-order valence-electron chi connectivity index (χ0n) is 16.0. The van der Waals surface area contributed by atoms with Crippen LogP contribution < -0.4 is 0 Å². The second kappa shape index (κ2) is 8.08. The predicted molar refractivity (Wildman–Crippen MR) is 117 cm³/mol. The van der Waals surface area contributed by atoms with Crippen molar-refractivity contribution in [2.75, 3.05) is 0 Å². The molecule has 2 amide bonds. The molecule has 0 spiro atoms. The normalized spacial score (nSPS) is 15.7. The molecule has 0 atom stereocenters. The Labute approximate surface area is 181 Å². The fraction of sp³-hybridized carbons (Fsp3) is 0.182. The average Bonchev–Trinajstić information content (AvgIpc) is 3.36. The van der Waals surface area contributed by atoms with Crippen molar-refractivity contribution in [1.29, 1.82) is 0 Å². The van der Waals surface area contributed by atoms with E-state index >= 15 is 0 Å². The molecule has 0 N–H and O–H groups in total. The van der Waals surface area contributed by atoms with E-state index in [9.17, 15) is 9.59 Å². The van der Waals surface area contributed by atoms with Crippen molar-refractivity contribution in [1.82, 2.24) is 9.47 Å². The van der Waals surface area contributed by atoms with Gasteiger partial charge in [0.1, 0.15) is 5.76 Å². The summed E-state index contributed by atoms with van der Waals surface area (Å²) in [6, 6.07) is 13.4. The Morgan fingerprint density at radius 3 is 2.55 bits per heavy atom. The van der Waals surface area contributed by atoms with E-state index in [0.717, 1.165) is 44.5 Å². The molecule has 0 unspecified atom stereocenters. The van der Waals surface area contributed by atoms with Crippen molar-refractivity contribution in [3.8, 4) is 0 Å². The molecular formula is C22H19BrN2O3S. The number of imide groups is 1. The van der Waals surface area contributed by atoms with Crippen LogP contribution in [0.15, 0.2) is 62.5 Å². The smallest absolute Gasteiger partial charge is 0.293 e. The average molecular weight is 471 g/mol. The van der Waals surface area contributed by atoms with Gasteiger partial charge in [-0.15, -0.1) is 0 Å². The largest absolute Gasteiger partial charge is 0.467 e. The summed E-state index contributed by atoms with van der Waals surface area (Å²) in [7, 11) is 0. The quantitative estimate of drug-likeness (QED) is 0.445. The van der Waals surface area contributed by atoms with Crippen LogP contribution in [0, 0.1) is 13.8 Å². The molecule has 2 aromatic heterocycles. The molecule has 29 heavy (non-hydrogen) atoms. The summed E-state index contributed by atoms with van der Waals surface area (Å²) in [6.45, 7) is 4.93.